The van der Waals surface area contributed by atoms with Gasteiger partial charge in [-0.05, 0) is 61.5 Å². The maximum Gasteiger partial charge on any atom is 0.134 e. The summed E-state index contributed by atoms with van der Waals surface area (Å²) in [4.78, 5) is 2.17. The summed E-state index contributed by atoms with van der Waals surface area (Å²) in [6.07, 6.45) is 0.909. The summed E-state index contributed by atoms with van der Waals surface area (Å²) in [5.41, 5.74) is 2.59. The van der Waals surface area contributed by atoms with Gasteiger partial charge in [0.15, 0.2) is 0 Å². The number of rotatable bonds is 4. The average molecular weight is 334 g/mol. The second kappa shape index (κ2) is 6.23. The third kappa shape index (κ3) is 2.67. The first kappa shape index (κ1) is 16.4. The minimum absolute atomic E-state index is 0.135. The fraction of sp³-hybridized carbons (Fsp3) is 0.368. The number of halogens is 2. The second-order valence-corrected chi connectivity index (χ2v) is 6.66. The van der Waals surface area contributed by atoms with Gasteiger partial charge in [0.2, 0.25) is 0 Å². The largest absolute Gasteiger partial charge is 0.359 e. The highest BCUT2D eigenvalue weighted by Gasteiger charge is 2.48. The van der Waals surface area contributed by atoms with Crippen molar-refractivity contribution in [3.63, 3.8) is 0 Å². The summed E-state index contributed by atoms with van der Waals surface area (Å²) in [7, 11) is 4.10. The van der Waals surface area contributed by atoms with E-state index in [1.807, 2.05) is 30.3 Å². The quantitative estimate of drug-likeness (QED) is 0.811. The normalized spacial score (nSPS) is 21.5. The van der Waals surface area contributed by atoms with Gasteiger partial charge in [-0.2, -0.15) is 0 Å². The monoisotopic (exact) mass is 333 g/mol. The van der Waals surface area contributed by atoms with Gasteiger partial charge in [-0.25, -0.2) is 4.39 Å². The molecule has 0 bridgehead atoms. The van der Waals surface area contributed by atoms with E-state index in [9.17, 15) is 4.39 Å². The molecule has 2 aromatic rings. The summed E-state index contributed by atoms with van der Waals surface area (Å²) in [6, 6.07) is 12.7. The van der Waals surface area contributed by atoms with E-state index < -0.39 is 5.60 Å². The van der Waals surface area contributed by atoms with Crippen molar-refractivity contribution >= 4 is 11.6 Å². The van der Waals surface area contributed by atoms with E-state index in [0.717, 1.165) is 23.1 Å². The van der Waals surface area contributed by atoms with Crippen LogP contribution in [0.4, 0.5) is 4.39 Å². The SMILES string of the molecule is CCC(N(C)C)C1(c2ccc(F)cc2)OCc2cc(Cl)ccc21. The van der Waals surface area contributed by atoms with E-state index in [1.54, 1.807) is 0 Å². The molecule has 2 atom stereocenters. The van der Waals surface area contributed by atoms with Crippen LogP contribution in [0.1, 0.15) is 30.0 Å². The molecule has 2 unspecified atom stereocenters. The number of benzene rings is 2. The van der Waals surface area contributed by atoms with Gasteiger partial charge in [0.05, 0.1) is 6.61 Å². The Balaban J connectivity index is 2.23. The molecule has 2 aromatic carbocycles. The summed E-state index contributed by atoms with van der Waals surface area (Å²) in [6.45, 7) is 2.66. The van der Waals surface area contributed by atoms with Crippen molar-refractivity contribution < 1.29 is 9.13 Å². The molecule has 0 saturated carbocycles. The van der Waals surface area contributed by atoms with Gasteiger partial charge in [-0.1, -0.05) is 36.7 Å². The first-order valence-electron chi connectivity index (χ1n) is 7.84. The molecule has 0 radical (unpaired) electrons. The van der Waals surface area contributed by atoms with Crippen LogP contribution in [0.3, 0.4) is 0 Å². The Labute approximate surface area is 141 Å². The Morgan fingerprint density at radius 1 is 1.22 bits per heavy atom. The zero-order valence-electron chi connectivity index (χ0n) is 13.6. The van der Waals surface area contributed by atoms with Gasteiger partial charge in [-0.15, -0.1) is 0 Å². The first-order chi connectivity index (χ1) is 11.0. The fourth-order valence-corrected chi connectivity index (χ4v) is 3.93. The van der Waals surface area contributed by atoms with Crippen molar-refractivity contribution in [2.45, 2.75) is 31.6 Å². The summed E-state index contributed by atoms with van der Waals surface area (Å²) < 4.78 is 19.8. The highest BCUT2D eigenvalue weighted by Crippen LogP contribution is 2.47. The lowest BCUT2D eigenvalue weighted by Gasteiger charge is -2.41. The number of nitrogens with zero attached hydrogens (tertiary/aromatic N) is 1. The van der Waals surface area contributed by atoms with Gasteiger partial charge in [0.1, 0.15) is 11.4 Å². The molecule has 0 saturated heterocycles. The Kier molecular flexibility index (Phi) is 4.45. The van der Waals surface area contributed by atoms with Gasteiger partial charge < -0.3 is 9.64 Å². The molecule has 0 spiro atoms. The van der Waals surface area contributed by atoms with E-state index in [-0.39, 0.29) is 11.9 Å². The molecule has 2 nitrogen and oxygen atoms in total. The predicted molar refractivity (Wildman–Crippen MR) is 91.2 cm³/mol. The number of likely N-dealkylation sites (N-methyl/N-ethyl adjacent to an activating group) is 1. The lowest BCUT2D eigenvalue weighted by Crippen LogP contribution is -2.48. The predicted octanol–water partition coefficient (Wildman–Crippen LogP) is 4.59. The molecule has 0 amide bonds. The van der Waals surface area contributed by atoms with Crippen molar-refractivity contribution in [3.8, 4) is 0 Å². The number of hydrogen-bond acceptors (Lipinski definition) is 2. The van der Waals surface area contributed by atoms with Gasteiger partial charge >= 0.3 is 0 Å². The Morgan fingerprint density at radius 2 is 1.91 bits per heavy atom. The molecule has 1 aliphatic heterocycles. The Bertz CT molecular complexity index is 701. The van der Waals surface area contributed by atoms with Gasteiger partial charge in [-0.3, -0.25) is 0 Å². The van der Waals surface area contributed by atoms with Gasteiger partial charge in [0.25, 0.3) is 0 Å². The van der Waals surface area contributed by atoms with E-state index in [0.29, 0.717) is 11.6 Å². The second-order valence-electron chi connectivity index (χ2n) is 6.22. The van der Waals surface area contributed by atoms with Crippen molar-refractivity contribution in [1.29, 1.82) is 0 Å². The van der Waals surface area contributed by atoms with Crippen molar-refractivity contribution in [2.75, 3.05) is 14.1 Å². The van der Waals surface area contributed by atoms with E-state index in [2.05, 4.69) is 25.9 Å². The van der Waals surface area contributed by atoms with Crippen molar-refractivity contribution in [1.82, 2.24) is 4.90 Å². The van der Waals surface area contributed by atoms with E-state index >= 15 is 0 Å². The average Bonchev–Trinajstić information content (AvgIpc) is 2.88. The number of fused-ring (bicyclic) bond motifs is 1. The van der Waals surface area contributed by atoms with Crippen LogP contribution >= 0.6 is 11.6 Å². The third-order valence-electron chi connectivity index (χ3n) is 4.68. The lowest BCUT2D eigenvalue weighted by molar-refractivity contribution is -0.0611. The zero-order valence-corrected chi connectivity index (χ0v) is 14.4. The van der Waals surface area contributed by atoms with Crippen LogP contribution in [0.25, 0.3) is 0 Å². The van der Waals surface area contributed by atoms with E-state index in [4.69, 9.17) is 16.3 Å². The molecule has 23 heavy (non-hydrogen) atoms. The summed E-state index contributed by atoms with van der Waals surface area (Å²) >= 11 is 6.14. The Hall–Kier alpha value is -1.42. The summed E-state index contributed by atoms with van der Waals surface area (Å²) in [5, 5.41) is 0.708. The molecule has 1 aliphatic rings. The molecule has 122 valence electrons. The molecular formula is C19H21ClFNO. The number of hydrogen-bond donors (Lipinski definition) is 0. The lowest BCUT2D eigenvalue weighted by atomic mass is 9.78. The minimum Gasteiger partial charge on any atom is -0.359 e. The van der Waals surface area contributed by atoms with Crippen molar-refractivity contribution in [3.05, 3.63) is 70.0 Å². The maximum absolute atomic E-state index is 13.4. The molecule has 0 N–H and O–H groups in total. The molecule has 0 aromatic heterocycles. The molecule has 4 heteroatoms. The molecular weight excluding hydrogens is 313 g/mol. The van der Waals surface area contributed by atoms with Crippen LogP contribution in [-0.4, -0.2) is 25.0 Å². The third-order valence-corrected chi connectivity index (χ3v) is 4.91. The summed E-state index contributed by atoms with van der Waals surface area (Å²) in [5.74, 6) is -0.240. The standard InChI is InChI=1S/C19H21ClFNO/c1-4-18(22(2)3)19(14-5-8-16(21)9-6-14)17-10-7-15(20)11-13(17)12-23-19/h5-11,18H,4,12H2,1-3H3. The van der Waals surface area contributed by atoms with Crippen LogP contribution in [0.15, 0.2) is 42.5 Å². The molecule has 1 heterocycles. The molecule has 3 rings (SSSR count). The molecule has 0 aliphatic carbocycles. The first-order valence-corrected chi connectivity index (χ1v) is 8.22. The maximum atomic E-state index is 13.4. The van der Waals surface area contributed by atoms with Gasteiger partial charge in [0, 0.05) is 11.1 Å². The molecule has 0 fully saturated rings. The minimum atomic E-state index is -0.605. The van der Waals surface area contributed by atoms with Crippen LogP contribution in [-0.2, 0) is 16.9 Å². The fourth-order valence-electron chi connectivity index (χ4n) is 3.73. The van der Waals surface area contributed by atoms with Crippen LogP contribution in [0, 0.1) is 5.82 Å². The zero-order chi connectivity index (χ0) is 16.6. The van der Waals surface area contributed by atoms with Crippen molar-refractivity contribution in [2.24, 2.45) is 0 Å². The smallest absolute Gasteiger partial charge is 0.134 e. The van der Waals surface area contributed by atoms with Crippen LogP contribution in [0.2, 0.25) is 5.02 Å². The highest BCUT2D eigenvalue weighted by atomic mass is 35.5. The van der Waals surface area contributed by atoms with Crippen LogP contribution < -0.4 is 0 Å². The highest BCUT2D eigenvalue weighted by molar-refractivity contribution is 6.30. The number of ether oxygens (including phenoxy) is 1. The van der Waals surface area contributed by atoms with E-state index in [1.165, 1.54) is 12.1 Å². The van der Waals surface area contributed by atoms with Crippen LogP contribution in [0.5, 0.6) is 0 Å². The Morgan fingerprint density at radius 3 is 2.52 bits per heavy atom. The topological polar surface area (TPSA) is 12.5 Å².